The molecule has 2 N–H and O–H groups in total. The Hall–Kier alpha value is -3.84. The molecule has 0 radical (unpaired) electrons. The zero-order valence-electron chi connectivity index (χ0n) is 14.2. The Bertz CT molecular complexity index is 993. The molecule has 0 aliphatic heterocycles. The van der Waals surface area contributed by atoms with Crippen molar-refractivity contribution < 1.29 is 29.5 Å². The molecule has 0 saturated heterocycles. The number of hydrogen-bond acceptors (Lipinski definition) is 8. The van der Waals surface area contributed by atoms with Crippen molar-refractivity contribution in [1.29, 1.82) is 5.26 Å². The highest BCUT2D eigenvalue weighted by molar-refractivity contribution is 6.07. The van der Waals surface area contributed by atoms with Gasteiger partial charge in [0.15, 0.2) is 12.0 Å². The molecule has 1 heterocycles. The van der Waals surface area contributed by atoms with Crippen molar-refractivity contribution in [1.82, 2.24) is 4.98 Å². The Morgan fingerprint density at radius 2 is 2.04 bits per heavy atom. The van der Waals surface area contributed by atoms with E-state index in [0.29, 0.717) is 0 Å². The number of nitrogens with zero attached hydrogens (tertiary/aromatic N) is 3. The molecule has 2 rings (SSSR count). The molecule has 0 aliphatic carbocycles. The second kappa shape index (κ2) is 7.59. The van der Waals surface area contributed by atoms with Crippen LogP contribution in [0.25, 0.3) is 11.1 Å². The van der Waals surface area contributed by atoms with Gasteiger partial charge in [0.05, 0.1) is 16.2 Å². The summed E-state index contributed by atoms with van der Waals surface area (Å²) in [4.78, 5) is 38.4. The molecule has 1 aromatic heterocycles. The van der Waals surface area contributed by atoms with Gasteiger partial charge in [0, 0.05) is 17.7 Å². The monoisotopic (exact) mass is 371 g/mol. The summed E-state index contributed by atoms with van der Waals surface area (Å²) in [6.07, 6.45) is -1.49. The molecule has 1 aromatic carbocycles. The maximum Gasteiger partial charge on any atom is 0.342 e. The zero-order valence-corrected chi connectivity index (χ0v) is 14.2. The maximum absolute atomic E-state index is 12.4. The van der Waals surface area contributed by atoms with E-state index in [4.69, 9.17) is 4.74 Å². The van der Waals surface area contributed by atoms with Crippen LogP contribution >= 0.6 is 0 Å². The number of hydrogen-bond donors (Lipinski definition) is 2. The normalized spacial score (nSPS) is 11.3. The molecule has 0 fully saturated rings. The van der Waals surface area contributed by atoms with Crippen LogP contribution in [0.2, 0.25) is 0 Å². The van der Waals surface area contributed by atoms with E-state index < -0.39 is 34.4 Å². The third-order valence-corrected chi connectivity index (χ3v) is 3.53. The van der Waals surface area contributed by atoms with E-state index in [-0.39, 0.29) is 28.1 Å². The van der Waals surface area contributed by atoms with Crippen LogP contribution in [-0.4, -0.2) is 38.3 Å². The number of aryl methyl sites for hydroxylation is 1. The first kappa shape index (κ1) is 19.5. The number of aromatic nitrogens is 1. The third kappa shape index (κ3) is 3.88. The Labute approximate surface area is 152 Å². The lowest BCUT2D eigenvalue weighted by Gasteiger charge is -2.16. The maximum atomic E-state index is 12.4. The number of pyridine rings is 1. The minimum Gasteiger partial charge on any atom is -0.478 e. The number of aliphatic hydroxyl groups excluding tert-OH is 1. The number of nitro groups is 1. The van der Waals surface area contributed by atoms with Gasteiger partial charge in [0.2, 0.25) is 0 Å². The van der Waals surface area contributed by atoms with Gasteiger partial charge < -0.3 is 14.9 Å². The Morgan fingerprint density at radius 3 is 2.56 bits per heavy atom. The molecule has 10 nitrogen and oxygen atoms in total. The first-order valence-corrected chi connectivity index (χ1v) is 7.49. The van der Waals surface area contributed by atoms with Gasteiger partial charge in [-0.25, -0.2) is 14.6 Å². The van der Waals surface area contributed by atoms with Crippen LogP contribution in [0.3, 0.4) is 0 Å². The van der Waals surface area contributed by atoms with Crippen molar-refractivity contribution in [3.8, 4) is 17.2 Å². The molecular formula is C17H13N3O7. The standard InChI is InChI=1S/C17H13N3O7/c1-8-13(17(24)27-9(2)21)14(15(16(22)23)12(7-18)19-8)10-4-3-5-11(6-10)20(25)26/h3-6,9,21H,1-2H3,(H,22,23). The predicted molar refractivity (Wildman–Crippen MR) is 89.8 cm³/mol. The van der Waals surface area contributed by atoms with Crippen molar-refractivity contribution >= 4 is 17.6 Å². The van der Waals surface area contributed by atoms with Crippen LogP contribution < -0.4 is 0 Å². The number of aliphatic hydroxyl groups is 1. The van der Waals surface area contributed by atoms with Gasteiger partial charge in [0.25, 0.3) is 5.69 Å². The number of carbonyl (C=O) groups excluding carboxylic acids is 1. The van der Waals surface area contributed by atoms with Crippen LogP contribution in [0, 0.1) is 28.4 Å². The second-order valence-corrected chi connectivity index (χ2v) is 5.40. The van der Waals surface area contributed by atoms with E-state index in [9.17, 15) is 35.2 Å². The van der Waals surface area contributed by atoms with Gasteiger partial charge in [-0.3, -0.25) is 10.1 Å². The van der Waals surface area contributed by atoms with Crippen LogP contribution in [-0.2, 0) is 4.74 Å². The summed E-state index contributed by atoms with van der Waals surface area (Å²) in [5, 5.41) is 39.2. The highest BCUT2D eigenvalue weighted by Gasteiger charge is 2.29. The highest BCUT2D eigenvalue weighted by Crippen LogP contribution is 2.33. The minimum absolute atomic E-state index is 0.0149. The Kier molecular flexibility index (Phi) is 5.48. The number of non-ortho nitro benzene ring substituents is 1. The number of nitriles is 1. The van der Waals surface area contributed by atoms with E-state index in [1.807, 2.05) is 0 Å². The second-order valence-electron chi connectivity index (χ2n) is 5.40. The molecule has 27 heavy (non-hydrogen) atoms. The smallest absolute Gasteiger partial charge is 0.342 e. The summed E-state index contributed by atoms with van der Waals surface area (Å²) in [7, 11) is 0. The highest BCUT2D eigenvalue weighted by atomic mass is 16.6. The fraction of sp³-hybridized carbons (Fsp3) is 0.176. The lowest BCUT2D eigenvalue weighted by atomic mass is 9.92. The lowest BCUT2D eigenvalue weighted by molar-refractivity contribution is -0.384. The molecule has 0 saturated carbocycles. The number of benzene rings is 1. The molecule has 10 heteroatoms. The van der Waals surface area contributed by atoms with Gasteiger partial charge in [-0.05, 0) is 19.4 Å². The number of esters is 1. The van der Waals surface area contributed by atoms with E-state index in [2.05, 4.69) is 4.98 Å². The average molecular weight is 371 g/mol. The topological polar surface area (TPSA) is 164 Å². The quantitative estimate of drug-likeness (QED) is 0.346. The molecule has 0 amide bonds. The fourth-order valence-corrected chi connectivity index (χ4v) is 2.52. The molecule has 1 unspecified atom stereocenters. The number of aromatic carboxylic acids is 1. The molecule has 1 atom stereocenters. The molecule has 138 valence electrons. The van der Waals surface area contributed by atoms with E-state index in [1.165, 1.54) is 32.0 Å². The number of carboxylic acids is 1. The Morgan fingerprint density at radius 1 is 1.37 bits per heavy atom. The van der Waals surface area contributed by atoms with Crippen molar-refractivity contribution in [3.63, 3.8) is 0 Å². The van der Waals surface area contributed by atoms with Crippen LogP contribution in [0.4, 0.5) is 5.69 Å². The number of carboxylic acid groups (broad SMARTS) is 1. The minimum atomic E-state index is -1.55. The molecule has 0 spiro atoms. The summed E-state index contributed by atoms with van der Waals surface area (Å²) >= 11 is 0. The average Bonchev–Trinajstić information content (AvgIpc) is 2.59. The molecule has 2 aromatic rings. The number of nitro benzene ring substituents is 1. The number of rotatable bonds is 5. The summed E-state index contributed by atoms with van der Waals surface area (Å²) in [6.45, 7) is 2.53. The predicted octanol–water partition coefficient (Wildman–Crippen LogP) is 2.03. The van der Waals surface area contributed by atoms with E-state index in [1.54, 1.807) is 6.07 Å². The molecule has 0 aliphatic rings. The van der Waals surface area contributed by atoms with Gasteiger partial charge >= 0.3 is 11.9 Å². The summed E-state index contributed by atoms with van der Waals surface area (Å²) in [5.74, 6) is -2.63. The first-order chi connectivity index (χ1) is 12.7. The van der Waals surface area contributed by atoms with Gasteiger partial charge in [-0.2, -0.15) is 5.26 Å². The van der Waals surface area contributed by atoms with Crippen LogP contribution in [0.15, 0.2) is 24.3 Å². The molecular weight excluding hydrogens is 358 g/mol. The summed E-state index contributed by atoms with van der Waals surface area (Å²) < 4.78 is 4.73. The van der Waals surface area contributed by atoms with Gasteiger partial charge in [-0.1, -0.05) is 12.1 Å². The van der Waals surface area contributed by atoms with Crippen molar-refractivity contribution in [3.05, 3.63) is 56.9 Å². The van der Waals surface area contributed by atoms with E-state index in [0.717, 1.165) is 6.07 Å². The largest absolute Gasteiger partial charge is 0.478 e. The van der Waals surface area contributed by atoms with E-state index >= 15 is 0 Å². The SMILES string of the molecule is Cc1nc(C#N)c(C(=O)O)c(-c2cccc([N+](=O)[O-])c2)c1C(=O)OC(C)O. The number of carbonyl (C=O) groups is 2. The molecule has 0 bridgehead atoms. The van der Waals surface area contributed by atoms with Crippen LogP contribution in [0.1, 0.15) is 39.0 Å². The van der Waals surface area contributed by atoms with Crippen molar-refractivity contribution in [2.45, 2.75) is 20.1 Å². The Balaban J connectivity index is 2.94. The third-order valence-electron chi connectivity index (χ3n) is 3.53. The fourth-order valence-electron chi connectivity index (χ4n) is 2.52. The summed E-state index contributed by atoms with van der Waals surface area (Å²) in [5.41, 5.74) is -1.97. The lowest BCUT2D eigenvalue weighted by Crippen LogP contribution is -2.19. The first-order valence-electron chi connectivity index (χ1n) is 7.49. The van der Waals surface area contributed by atoms with Gasteiger partial charge in [0.1, 0.15) is 11.6 Å². The van der Waals surface area contributed by atoms with Gasteiger partial charge in [-0.15, -0.1) is 0 Å². The number of ether oxygens (including phenoxy) is 1. The summed E-state index contributed by atoms with van der Waals surface area (Å²) in [6, 6.07) is 6.57. The zero-order chi connectivity index (χ0) is 20.3. The van der Waals surface area contributed by atoms with Crippen molar-refractivity contribution in [2.24, 2.45) is 0 Å². The van der Waals surface area contributed by atoms with Crippen LogP contribution in [0.5, 0.6) is 0 Å². The van der Waals surface area contributed by atoms with Crippen molar-refractivity contribution in [2.75, 3.05) is 0 Å².